The van der Waals surface area contributed by atoms with Crippen LogP contribution in [0.5, 0.6) is 0 Å². The van der Waals surface area contributed by atoms with E-state index in [0.29, 0.717) is 17.4 Å². The summed E-state index contributed by atoms with van der Waals surface area (Å²) in [6.45, 7) is 4.35. The van der Waals surface area contributed by atoms with Crippen LogP contribution in [0, 0.1) is 11.8 Å². The maximum absolute atomic E-state index is 11.9. The molecule has 2 rings (SSSR count). The van der Waals surface area contributed by atoms with E-state index in [1.807, 2.05) is 0 Å². The number of hydrazone groups is 1. The first-order chi connectivity index (χ1) is 8.68. The van der Waals surface area contributed by atoms with Gasteiger partial charge in [0.05, 0.1) is 0 Å². The first-order valence-electron chi connectivity index (χ1n) is 6.46. The lowest BCUT2D eigenvalue weighted by atomic mass is 9.81. The number of pyridine rings is 1. The molecule has 0 radical (unpaired) electrons. The third-order valence-corrected chi connectivity index (χ3v) is 3.51. The van der Waals surface area contributed by atoms with Crippen LogP contribution >= 0.6 is 0 Å². The van der Waals surface area contributed by atoms with Crippen LogP contribution in [-0.2, 0) is 0 Å². The van der Waals surface area contributed by atoms with Crippen molar-refractivity contribution in [2.45, 2.75) is 33.1 Å². The number of rotatable bonds is 2. The monoisotopic (exact) mass is 245 g/mol. The van der Waals surface area contributed by atoms with Crippen LogP contribution in [0.25, 0.3) is 0 Å². The zero-order valence-corrected chi connectivity index (χ0v) is 10.9. The number of nitrogens with one attached hydrogen (secondary N) is 1. The van der Waals surface area contributed by atoms with Crippen LogP contribution in [0.2, 0.25) is 0 Å². The van der Waals surface area contributed by atoms with Gasteiger partial charge in [-0.05, 0) is 36.8 Å². The third-order valence-electron chi connectivity index (χ3n) is 3.51. The molecule has 1 amide bonds. The number of nitrogens with zero attached hydrogens (tertiary/aromatic N) is 2. The average molecular weight is 245 g/mol. The molecular weight excluding hydrogens is 226 g/mol. The molecule has 0 unspecified atom stereocenters. The van der Waals surface area contributed by atoms with Gasteiger partial charge < -0.3 is 0 Å². The van der Waals surface area contributed by atoms with Crippen molar-refractivity contribution in [2.24, 2.45) is 16.9 Å². The summed E-state index contributed by atoms with van der Waals surface area (Å²) in [6, 6.07) is 3.37. The Morgan fingerprint density at radius 3 is 2.50 bits per heavy atom. The quantitative estimate of drug-likeness (QED) is 0.814. The fourth-order valence-corrected chi connectivity index (χ4v) is 2.42. The molecule has 1 saturated carbocycles. The van der Waals surface area contributed by atoms with Gasteiger partial charge in [-0.15, -0.1) is 0 Å². The molecule has 1 aliphatic rings. The average Bonchev–Trinajstić information content (AvgIpc) is 2.39. The lowest BCUT2D eigenvalue weighted by molar-refractivity contribution is 0.0954. The predicted molar refractivity (Wildman–Crippen MR) is 71.3 cm³/mol. The highest BCUT2D eigenvalue weighted by Gasteiger charge is 2.23. The highest BCUT2D eigenvalue weighted by atomic mass is 16.2. The van der Waals surface area contributed by atoms with Gasteiger partial charge in [0.15, 0.2) is 0 Å². The Balaban J connectivity index is 2.03. The Morgan fingerprint density at radius 1 is 1.28 bits per heavy atom. The minimum atomic E-state index is -0.171. The Bertz CT molecular complexity index is 430. The molecule has 96 valence electrons. The number of aromatic nitrogens is 1. The molecular formula is C14H19N3O. The zero-order chi connectivity index (χ0) is 13.0. The second kappa shape index (κ2) is 5.76. The molecule has 0 spiro atoms. The van der Waals surface area contributed by atoms with E-state index < -0.39 is 0 Å². The van der Waals surface area contributed by atoms with Crippen molar-refractivity contribution in [1.82, 2.24) is 10.4 Å². The summed E-state index contributed by atoms with van der Waals surface area (Å²) in [5.41, 5.74) is 4.35. The summed E-state index contributed by atoms with van der Waals surface area (Å²) in [5.74, 6) is 0.757. The standard InChI is InChI=1S/C14H19N3O/c1-10-4-3-5-11(2)13(10)16-17-14(18)12-6-8-15-9-7-12/h6-11H,3-5H2,1-2H3,(H,17,18)/t10-,11-/m1/s1. The van der Waals surface area contributed by atoms with Crippen molar-refractivity contribution in [1.29, 1.82) is 0 Å². The smallest absolute Gasteiger partial charge is 0.267 e. The van der Waals surface area contributed by atoms with Crippen LogP contribution in [0.4, 0.5) is 0 Å². The largest absolute Gasteiger partial charge is 0.271 e. The number of amides is 1. The van der Waals surface area contributed by atoms with Crippen molar-refractivity contribution < 1.29 is 4.79 Å². The molecule has 0 saturated heterocycles. The van der Waals surface area contributed by atoms with Gasteiger partial charge in [-0.25, -0.2) is 5.43 Å². The number of hydrogen-bond donors (Lipinski definition) is 1. The Labute approximate surface area is 108 Å². The van der Waals surface area contributed by atoms with Gasteiger partial charge in [-0.2, -0.15) is 5.10 Å². The van der Waals surface area contributed by atoms with E-state index in [4.69, 9.17) is 0 Å². The van der Waals surface area contributed by atoms with Crippen molar-refractivity contribution in [3.05, 3.63) is 30.1 Å². The van der Waals surface area contributed by atoms with E-state index in [1.54, 1.807) is 24.5 Å². The minimum Gasteiger partial charge on any atom is -0.267 e. The SMILES string of the molecule is C[C@@H]1CCC[C@@H](C)C1=NNC(=O)c1ccncc1. The van der Waals surface area contributed by atoms with Gasteiger partial charge in [-0.1, -0.05) is 20.3 Å². The predicted octanol–water partition coefficient (Wildman–Crippen LogP) is 2.62. The van der Waals surface area contributed by atoms with Crippen LogP contribution in [0.3, 0.4) is 0 Å². The molecule has 1 aromatic rings. The van der Waals surface area contributed by atoms with Crippen LogP contribution in [0.15, 0.2) is 29.6 Å². The number of carbonyl (C=O) groups excluding carboxylic acids is 1. The molecule has 0 aromatic carbocycles. The van der Waals surface area contributed by atoms with Crippen LogP contribution in [-0.4, -0.2) is 16.6 Å². The summed E-state index contributed by atoms with van der Waals surface area (Å²) in [6.07, 6.45) is 6.78. The fourth-order valence-electron chi connectivity index (χ4n) is 2.42. The van der Waals surface area contributed by atoms with Crippen molar-refractivity contribution in [3.63, 3.8) is 0 Å². The lowest BCUT2D eigenvalue weighted by Gasteiger charge is -2.26. The highest BCUT2D eigenvalue weighted by molar-refractivity contribution is 5.96. The highest BCUT2D eigenvalue weighted by Crippen LogP contribution is 2.25. The molecule has 1 heterocycles. The Kier molecular flexibility index (Phi) is 4.07. The fraction of sp³-hybridized carbons (Fsp3) is 0.500. The van der Waals surface area contributed by atoms with E-state index in [0.717, 1.165) is 18.6 Å². The second-order valence-corrected chi connectivity index (χ2v) is 4.95. The first-order valence-corrected chi connectivity index (χ1v) is 6.46. The Morgan fingerprint density at radius 2 is 1.89 bits per heavy atom. The molecule has 4 heteroatoms. The lowest BCUT2D eigenvalue weighted by Crippen LogP contribution is -2.29. The van der Waals surface area contributed by atoms with E-state index >= 15 is 0 Å². The van der Waals surface area contributed by atoms with Gasteiger partial charge in [0, 0.05) is 23.7 Å². The molecule has 1 aliphatic carbocycles. The maximum atomic E-state index is 11.9. The topological polar surface area (TPSA) is 54.4 Å². The van der Waals surface area contributed by atoms with Gasteiger partial charge >= 0.3 is 0 Å². The zero-order valence-electron chi connectivity index (χ0n) is 10.9. The molecule has 0 bridgehead atoms. The van der Waals surface area contributed by atoms with Gasteiger partial charge in [0.25, 0.3) is 5.91 Å². The van der Waals surface area contributed by atoms with Crippen LogP contribution in [0.1, 0.15) is 43.5 Å². The molecule has 1 fully saturated rings. The summed E-state index contributed by atoms with van der Waals surface area (Å²) in [5, 5.41) is 4.32. The molecule has 0 aliphatic heterocycles. The molecule has 2 atom stereocenters. The van der Waals surface area contributed by atoms with Gasteiger partial charge in [0.2, 0.25) is 0 Å². The molecule has 1 N–H and O–H groups in total. The molecule has 1 aromatic heterocycles. The normalized spacial score (nSPS) is 23.6. The van der Waals surface area contributed by atoms with E-state index in [1.165, 1.54) is 6.42 Å². The Hall–Kier alpha value is -1.71. The number of carbonyl (C=O) groups is 1. The summed E-state index contributed by atoms with van der Waals surface area (Å²) in [4.78, 5) is 15.7. The maximum Gasteiger partial charge on any atom is 0.271 e. The van der Waals surface area contributed by atoms with E-state index in [-0.39, 0.29) is 5.91 Å². The second-order valence-electron chi connectivity index (χ2n) is 4.95. The third kappa shape index (κ3) is 2.94. The number of hydrogen-bond acceptors (Lipinski definition) is 3. The van der Waals surface area contributed by atoms with Gasteiger partial charge in [-0.3, -0.25) is 9.78 Å². The van der Waals surface area contributed by atoms with E-state index in [2.05, 4.69) is 29.4 Å². The van der Waals surface area contributed by atoms with Crippen molar-refractivity contribution in [3.8, 4) is 0 Å². The summed E-state index contributed by atoms with van der Waals surface area (Å²) in [7, 11) is 0. The molecule has 4 nitrogen and oxygen atoms in total. The van der Waals surface area contributed by atoms with Gasteiger partial charge in [0.1, 0.15) is 0 Å². The summed E-state index contributed by atoms with van der Waals surface area (Å²) < 4.78 is 0. The minimum absolute atomic E-state index is 0.171. The first kappa shape index (κ1) is 12.7. The van der Waals surface area contributed by atoms with E-state index in [9.17, 15) is 4.79 Å². The van der Waals surface area contributed by atoms with Crippen molar-refractivity contribution >= 4 is 11.6 Å². The van der Waals surface area contributed by atoms with Crippen LogP contribution < -0.4 is 5.43 Å². The van der Waals surface area contributed by atoms with Crippen molar-refractivity contribution in [2.75, 3.05) is 0 Å². The summed E-state index contributed by atoms with van der Waals surface area (Å²) >= 11 is 0. The molecule has 18 heavy (non-hydrogen) atoms.